The number of halogens is 3. The topological polar surface area (TPSA) is 43.4 Å². The van der Waals surface area contributed by atoms with Crippen molar-refractivity contribution in [3.8, 4) is 5.75 Å². The minimum atomic E-state index is -0.940. The number of esters is 1. The van der Waals surface area contributed by atoms with E-state index in [9.17, 15) is 9.59 Å². The molecule has 0 amide bonds. The van der Waals surface area contributed by atoms with E-state index in [-0.39, 0.29) is 22.2 Å². The van der Waals surface area contributed by atoms with Crippen LogP contribution in [0.25, 0.3) is 0 Å². The van der Waals surface area contributed by atoms with Gasteiger partial charge in [0.2, 0.25) is 0 Å². The summed E-state index contributed by atoms with van der Waals surface area (Å²) in [6, 6.07) is 12.0. The van der Waals surface area contributed by atoms with Crippen LogP contribution in [0.1, 0.15) is 5.56 Å². The Morgan fingerprint density at radius 3 is 2.23 bits per heavy atom. The molecule has 2 aromatic carbocycles. The van der Waals surface area contributed by atoms with E-state index < -0.39 is 11.9 Å². The number of carbonyl (C=O) groups excluding carboxylic acids is 2. The summed E-state index contributed by atoms with van der Waals surface area (Å²) in [5, 5.41) is 0.538. The highest BCUT2D eigenvalue weighted by molar-refractivity contribution is 6.40. The van der Waals surface area contributed by atoms with Crippen LogP contribution in [0.3, 0.4) is 0 Å². The van der Waals surface area contributed by atoms with Gasteiger partial charge in [0.1, 0.15) is 12.2 Å². The zero-order valence-electron chi connectivity index (χ0n) is 11.3. The number of rotatable bonds is 5. The molecule has 0 aliphatic heterocycles. The fourth-order valence-electron chi connectivity index (χ4n) is 1.86. The summed E-state index contributed by atoms with van der Waals surface area (Å²) < 4.78 is 5.16. The van der Waals surface area contributed by atoms with Gasteiger partial charge in [0.25, 0.3) is 0 Å². The maximum atomic E-state index is 12.1. The van der Waals surface area contributed by atoms with E-state index in [1.165, 1.54) is 12.1 Å². The normalized spacial score (nSPS) is 11.8. The Hall–Kier alpha value is -1.55. The average molecular weight is 358 g/mol. The Morgan fingerprint density at radius 1 is 1.09 bits per heavy atom. The quantitative estimate of drug-likeness (QED) is 0.340. The summed E-state index contributed by atoms with van der Waals surface area (Å²) in [5.41, 5.74) is 0.852. The molecule has 0 aliphatic carbocycles. The summed E-state index contributed by atoms with van der Waals surface area (Å²) >= 11 is 17.7. The van der Waals surface area contributed by atoms with E-state index in [1.807, 2.05) is 30.3 Å². The molecular weight excluding hydrogens is 347 g/mol. The van der Waals surface area contributed by atoms with Crippen molar-refractivity contribution in [2.75, 3.05) is 0 Å². The van der Waals surface area contributed by atoms with E-state index >= 15 is 0 Å². The molecule has 0 bridgehead atoms. The lowest BCUT2D eigenvalue weighted by molar-refractivity contribution is -0.140. The van der Waals surface area contributed by atoms with Crippen LogP contribution in [0.4, 0.5) is 0 Å². The number of hydrogen-bond donors (Lipinski definition) is 0. The molecule has 0 spiro atoms. The number of ether oxygens (including phenoxy) is 1. The molecule has 0 unspecified atom stereocenters. The monoisotopic (exact) mass is 356 g/mol. The SMILES string of the molecule is O=C[C@H](Cc1ccccc1)C(=O)Oc1c(Cl)cc(Cl)cc1Cl. The Kier molecular flexibility index (Phi) is 5.83. The minimum Gasteiger partial charge on any atom is -0.423 e. The Bertz CT molecular complexity index is 663. The summed E-state index contributed by atoms with van der Waals surface area (Å²) in [7, 11) is 0. The van der Waals surface area contributed by atoms with Gasteiger partial charge in [-0.15, -0.1) is 0 Å². The van der Waals surface area contributed by atoms with Gasteiger partial charge in [0.15, 0.2) is 5.75 Å². The average Bonchev–Trinajstić information content (AvgIpc) is 2.49. The van der Waals surface area contributed by atoms with Crippen molar-refractivity contribution in [3.05, 3.63) is 63.1 Å². The van der Waals surface area contributed by atoms with Gasteiger partial charge in [-0.05, 0) is 24.1 Å². The predicted octanol–water partition coefficient (Wildman–Crippen LogP) is 4.61. The van der Waals surface area contributed by atoms with Crippen molar-refractivity contribution in [1.82, 2.24) is 0 Å². The Balaban J connectivity index is 2.15. The second-order valence-corrected chi connectivity index (χ2v) is 5.80. The molecule has 0 radical (unpaired) electrons. The molecule has 0 saturated heterocycles. The standard InChI is InChI=1S/C16H11Cl3O3/c17-12-7-13(18)15(14(19)8-12)22-16(21)11(9-20)6-10-4-2-1-3-5-10/h1-5,7-9,11H,6H2/t11-/m0/s1. The molecule has 6 heteroatoms. The van der Waals surface area contributed by atoms with Crippen LogP contribution in [0.2, 0.25) is 15.1 Å². The van der Waals surface area contributed by atoms with Crippen molar-refractivity contribution < 1.29 is 14.3 Å². The van der Waals surface area contributed by atoms with Crippen LogP contribution in [-0.4, -0.2) is 12.3 Å². The summed E-state index contributed by atoms with van der Waals surface area (Å²) in [6.45, 7) is 0. The van der Waals surface area contributed by atoms with Crippen molar-refractivity contribution in [2.24, 2.45) is 5.92 Å². The minimum absolute atomic E-state index is 0.00218. The van der Waals surface area contributed by atoms with Crippen LogP contribution in [0.5, 0.6) is 5.75 Å². The third kappa shape index (κ3) is 4.23. The first kappa shape index (κ1) is 16.8. The fraction of sp³-hybridized carbons (Fsp3) is 0.125. The molecule has 0 N–H and O–H groups in total. The summed E-state index contributed by atoms with van der Waals surface area (Å²) in [4.78, 5) is 23.3. The zero-order chi connectivity index (χ0) is 16.1. The van der Waals surface area contributed by atoms with Crippen LogP contribution in [0.15, 0.2) is 42.5 Å². The van der Waals surface area contributed by atoms with Crippen molar-refractivity contribution in [2.45, 2.75) is 6.42 Å². The number of benzene rings is 2. The number of hydrogen-bond acceptors (Lipinski definition) is 3. The molecule has 1 atom stereocenters. The smallest absolute Gasteiger partial charge is 0.322 e. The van der Waals surface area contributed by atoms with Gasteiger partial charge < -0.3 is 9.53 Å². The first-order valence-corrected chi connectivity index (χ1v) is 7.50. The van der Waals surface area contributed by atoms with Gasteiger partial charge >= 0.3 is 5.97 Å². The lowest BCUT2D eigenvalue weighted by Crippen LogP contribution is -2.24. The van der Waals surface area contributed by atoms with Gasteiger partial charge in [-0.1, -0.05) is 65.1 Å². The van der Waals surface area contributed by atoms with Crippen molar-refractivity contribution in [3.63, 3.8) is 0 Å². The van der Waals surface area contributed by atoms with Crippen molar-refractivity contribution in [1.29, 1.82) is 0 Å². The molecule has 2 rings (SSSR count). The summed E-state index contributed by atoms with van der Waals surface area (Å²) in [5.74, 6) is -1.66. The van der Waals surface area contributed by atoms with Crippen LogP contribution >= 0.6 is 34.8 Å². The Morgan fingerprint density at radius 2 is 1.68 bits per heavy atom. The molecule has 0 heterocycles. The lowest BCUT2D eigenvalue weighted by Gasteiger charge is -2.12. The second kappa shape index (κ2) is 7.63. The van der Waals surface area contributed by atoms with Gasteiger partial charge in [0, 0.05) is 5.02 Å². The van der Waals surface area contributed by atoms with Gasteiger partial charge in [0.05, 0.1) is 10.0 Å². The van der Waals surface area contributed by atoms with E-state index in [0.717, 1.165) is 5.56 Å². The zero-order valence-corrected chi connectivity index (χ0v) is 13.5. The summed E-state index contributed by atoms with van der Waals surface area (Å²) in [6.07, 6.45) is 0.791. The van der Waals surface area contributed by atoms with E-state index in [0.29, 0.717) is 11.3 Å². The highest BCUT2D eigenvalue weighted by Gasteiger charge is 2.23. The number of aldehydes is 1. The van der Waals surface area contributed by atoms with Gasteiger partial charge in [-0.2, -0.15) is 0 Å². The highest BCUT2D eigenvalue weighted by atomic mass is 35.5. The molecule has 0 aromatic heterocycles. The van der Waals surface area contributed by atoms with Gasteiger partial charge in [-0.3, -0.25) is 4.79 Å². The largest absolute Gasteiger partial charge is 0.423 e. The van der Waals surface area contributed by atoms with Crippen LogP contribution in [0, 0.1) is 5.92 Å². The molecule has 0 aliphatic rings. The third-order valence-electron chi connectivity index (χ3n) is 2.93. The fourth-order valence-corrected chi connectivity index (χ4v) is 2.75. The number of carbonyl (C=O) groups is 2. The third-order valence-corrected chi connectivity index (χ3v) is 3.71. The Labute approximate surface area is 142 Å². The highest BCUT2D eigenvalue weighted by Crippen LogP contribution is 2.36. The molecule has 22 heavy (non-hydrogen) atoms. The van der Waals surface area contributed by atoms with Crippen molar-refractivity contribution >= 4 is 47.1 Å². The molecule has 114 valence electrons. The molecule has 2 aromatic rings. The van der Waals surface area contributed by atoms with E-state index in [1.54, 1.807) is 0 Å². The maximum absolute atomic E-state index is 12.1. The van der Waals surface area contributed by atoms with Crippen LogP contribution in [-0.2, 0) is 16.0 Å². The maximum Gasteiger partial charge on any atom is 0.322 e. The first-order valence-electron chi connectivity index (χ1n) is 6.36. The molecule has 3 nitrogen and oxygen atoms in total. The predicted molar refractivity (Wildman–Crippen MR) is 86.8 cm³/mol. The first-order chi connectivity index (χ1) is 10.5. The lowest BCUT2D eigenvalue weighted by atomic mass is 10.0. The van der Waals surface area contributed by atoms with Crippen LogP contribution < -0.4 is 4.74 Å². The second-order valence-electron chi connectivity index (χ2n) is 4.55. The molecule has 0 saturated carbocycles. The molecule has 0 fully saturated rings. The van der Waals surface area contributed by atoms with Gasteiger partial charge in [-0.25, -0.2) is 0 Å². The molecular formula is C16H11Cl3O3. The van der Waals surface area contributed by atoms with E-state index in [2.05, 4.69) is 0 Å². The van der Waals surface area contributed by atoms with E-state index in [4.69, 9.17) is 39.5 Å².